The van der Waals surface area contributed by atoms with Gasteiger partial charge < -0.3 is 20.1 Å². The summed E-state index contributed by atoms with van der Waals surface area (Å²) in [5.74, 6) is 0.711. The highest BCUT2D eigenvalue weighted by atomic mass is 35.5. The summed E-state index contributed by atoms with van der Waals surface area (Å²) in [5.41, 5.74) is 2.94. The molecule has 3 aromatic rings. The van der Waals surface area contributed by atoms with E-state index in [2.05, 4.69) is 42.6 Å². The summed E-state index contributed by atoms with van der Waals surface area (Å²) < 4.78 is 16.5. The molecule has 1 fully saturated rings. The largest absolute Gasteiger partial charge is 0.369 e. The van der Waals surface area contributed by atoms with Crippen molar-refractivity contribution in [2.45, 2.75) is 26.8 Å². The van der Waals surface area contributed by atoms with Crippen LogP contribution in [0.5, 0.6) is 0 Å². The Morgan fingerprint density at radius 1 is 1.07 bits per heavy atom. The maximum absolute atomic E-state index is 14.5. The maximum Gasteiger partial charge on any atom is 0.227 e. The second kappa shape index (κ2) is 9.40. The van der Waals surface area contributed by atoms with Gasteiger partial charge in [0, 0.05) is 43.6 Å². The average molecular weight is 432 g/mol. The number of rotatable bonds is 5. The molecule has 0 unspecified atom stereocenters. The number of nitrogens with zero attached hydrogens (tertiary/aromatic N) is 5. The lowest BCUT2D eigenvalue weighted by Crippen LogP contribution is -2.43. The zero-order valence-corrected chi connectivity index (χ0v) is 18.2. The summed E-state index contributed by atoms with van der Waals surface area (Å²) in [5, 5.41) is 6.53. The fourth-order valence-corrected chi connectivity index (χ4v) is 3.70. The molecule has 1 aliphatic heterocycles. The van der Waals surface area contributed by atoms with Gasteiger partial charge in [0.2, 0.25) is 5.95 Å². The molecule has 1 aromatic carbocycles. The number of imidazole rings is 1. The summed E-state index contributed by atoms with van der Waals surface area (Å²) in [4.78, 5) is 15.2. The molecule has 4 rings (SSSR count). The van der Waals surface area contributed by atoms with Crippen LogP contribution in [0.15, 0.2) is 36.7 Å². The van der Waals surface area contributed by atoms with Gasteiger partial charge in [-0.1, -0.05) is 0 Å². The molecule has 2 aromatic heterocycles. The fourth-order valence-electron chi connectivity index (χ4n) is 3.70. The number of benzene rings is 1. The van der Waals surface area contributed by atoms with Crippen molar-refractivity contribution in [1.82, 2.24) is 24.8 Å². The van der Waals surface area contributed by atoms with Crippen LogP contribution >= 0.6 is 12.4 Å². The zero-order valence-electron chi connectivity index (χ0n) is 17.4. The molecule has 2 N–H and O–H groups in total. The van der Waals surface area contributed by atoms with E-state index in [4.69, 9.17) is 0 Å². The molecular formula is C21H27ClFN7. The minimum atomic E-state index is -0.466. The Labute approximate surface area is 182 Å². The molecular weight excluding hydrogens is 405 g/mol. The van der Waals surface area contributed by atoms with Crippen LogP contribution in [-0.2, 0) is 0 Å². The molecule has 160 valence electrons. The SMILES string of the molecule is Cc1ncc(-c2nc(Nc3ccc(N4CCNCC4)cc3)ncc2F)n1C(C)C.Cl. The third kappa shape index (κ3) is 4.55. The van der Waals surface area contributed by atoms with Crippen molar-refractivity contribution < 1.29 is 4.39 Å². The first kappa shape index (κ1) is 22.0. The third-order valence-corrected chi connectivity index (χ3v) is 5.09. The number of halogens is 2. The second-order valence-corrected chi connectivity index (χ2v) is 7.45. The van der Waals surface area contributed by atoms with Gasteiger partial charge in [0.25, 0.3) is 0 Å². The molecule has 0 aliphatic carbocycles. The highest BCUT2D eigenvalue weighted by Crippen LogP contribution is 2.27. The van der Waals surface area contributed by atoms with E-state index in [-0.39, 0.29) is 24.1 Å². The molecule has 0 spiro atoms. The quantitative estimate of drug-likeness (QED) is 0.637. The van der Waals surface area contributed by atoms with Gasteiger partial charge in [0.1, 0.15) is 11.5 Å². The summed E-state index contributed by atoms with van der Waals surface area (Å²) in [6.45, 7) is 9.98. The minimum absolute atomic E-state index is 0. The molecule has 0 saturated carbocycles. The molecule has 0 atom stereocenters. The van der Waals surface area contributed by atoms with Gasteiger partial charge in [-0.2, -0.15) is 0 Å². The van der Waals surface area contributed by atoms with Gasteiger partial charge in [-0.3, -0.25) is 0 Å². The van der Waals surface area contributed by atoms with Crippen molar-refractivity contribution in [3.63, 3.8) is 0 Å². The Morgan fingerprint density at radius 2 is 1.77 bits per heavy atom. The summed E-state index contributed by atoms with van der Waals surface area (Å²) in [6.07, 6.45) is 2.86. The van der Waals surface area contributed by atoms with Crippen LogP contribution in [0.1, 0.15) is 25.7 Å². The predicted molar refractivity (Wildman–Crippen MR) is 120 cm³/mol. The highest BCUT2D eigenvalue weighted by Gasteiger charge is 2.18. The van der Waals surface area contributed by atoms with Crippen molar-refractivity contribution in [2.75, 3.05) is 36.4 Å². The van der Waals surface area contributed by atoms with E-state index in [1.807, 2.05) is 37.5 Å². The minimum Gasteiger partial charge on any atom is -0.369 e. The summed E-state index contributed by atoms with van der Waals surface area (Å²) in [7, 11) is 0. The van der Waals surface area contributed by atoms with Crippen LogP contribution < -0.4 is 15.5 Å². The molecule has 7 nitrogen and oxygen atoms in total. The predicted octanol–water partition coefficient (Wildman–Crippen LogP) is 3.94. The number of anilines is 3. The topological polar surface area (TPSA) is 70.9 Å². The van der Waals surface area contributed by atoms with E-state index < -0.39 is 5.82 Å². The molecule has 30 heavy (non-hydrogen) atoms. The van der Waals surface area contributed by atoms with Crippen molar-refractivity contribution in [3.8, 4) is 11.4 Å². The van der Waals surface area contributed by atoms with Gasteiger partial charge in [-0.15, -0.1) is 12.4 Å². The van der Waals surface area contributed by atoms with Crippen molar-refractivity contribution in [2.24, 2.45) is 0 Å². The molecule has 0 amide bonds. The lowest BCUT2D eigenvalue weighted by atomic mass is 10.2. The number of hydrogen-bond donors (Lipinski definition) is 2. The smallest absolute Gasteiger partial charge is 0.227 e. The van der Waals surface area contributed by atoms with Crippen molar-refractivity contribution in [3.05, 3.63) is 48.3 Å². The lowest BCUT2D eigenvalue weighted by Gasteiger charge is -2.29. The average Bonchev–Trinajstić information content (AvgIpc) is 3.12. The molecule has 0 bridgehead atoms. The normalized spacial score (nSPS) is 14.0. The Morgan fingerprint density at radius 3 is 2.43 bits per heavy atom. The first-order valence-corrected chi connectivity index (χ1v) is 9.92. The Balaban J connectivity index is 0.00000256. The monoisotopic (exact) mass is 431 g/mol. The summed E-state index contributed by atoms with van der Waals surface area (Å²) in [6, 6.07) is 8.29. The van der Waals surface area contributed by atoms with E-state index in [0.29, 0.717) is 11.6 Å². The van der Waals surface area contributed by atoms with Crippen LogP contribution in [0, 0.1) is 12.7 Å². The first-order chi connectivity index (χ1) is 14.0. The first-order valence-electron chi connectivity index (χ1n) is 9.92. The third-order valence-electron chi connectivity index (χ3n) is 5.09. The Hall–Kier alpha value is -2.71. The van der Waals surface area contributed by atoms with Gasteiger partial charge in [0.05, 0.1) is 18.1 Å². The van der Waals surface area contributed by atoms with E-state index >= 15 is 0 Å². The molecule has 1 saturated heterocycles. The van der Waals surface area contributed by atoms with Crippen LogP contribution in [0.25, 0.3) is 11.4 Å². The number of hydrogen-bond acceptors (Lipinski definition) is 6. The van der Waals surface area contributed by atoms with Crippen molar-refractivity contribution in [1.29, 1.82) is 0 Å². The van der Waals surface area contributed by atoms with Gasteiger partial charge >= 0.3 is 0 Å². The number of aromatic nitrogens is 4. The van der Waals surface area contributed by atoms with Gasteiger partial charge in [-0.05, 0) is 45.0 Å². The molecule has 3 heterocycles. The van der Waals surface area contributed by atoms with Gasteiger partial charge in [0.15, 0.2) is 5.82 Å². The van der Waals surface area contributed by atoms with E-state index in [1.165, 1.54) is 11.9 Å². The van der Waals surface area contributed by atoms with Crippen LogP contribution in [0.2, 0.25) is 0 Å². The maximum atomic E-state index is 14.5. The summed E-state index contributed by atoms with van der Waals surface area (Å²) >= 11 is 0. The number of aryl methyl sites for hydroxylation is 1. The van der Waals surface area contributed by atoms with E-state index in [1.54, 1.807) is 6.20 Å². The highest BCUT2D eigenvalue weighted by molar-refractivity contribution is 5.85. The molecule has 0 radical (unpaired) electrons. The standard InChI is InChI=1S/C21H26FN7.ClH/c1-14(2)29-15(3)24-13-19(29)20-18(22)12-25-21(27-20)26-16-4-6-17(7-5-16)28-10-8-23-9-11-28;/h4-7,12-14,23H,8-11H2,1-3H3,(H,25,26,27);1H. The van der Waals surface area contributed by atoms with Crippen LogP contribution in [0.4, 0.5) is 21.7 Å². The van der Waals surface area contributed by atoms with Crippen LogP contribution in [0.3, 0.4) is 0 Å². The lowest BCUT2D eigenvalue weighted by molar-refractivity contribution is 0.578. The van der Waals surface area contributed by atoms with Crippen molar-refractivity contribution >= 4 is 29.7 Å². The zero-order chi connectivity index (χ0) is 20.4. The van der Waals surface area contributed by atoms with E-state index in [0.717, 1.165) is 37.7 Å². The fraction of sp³-hybridized carbons (Fsp3) is 0.381. The Bertz CT molecular complexity index is 982. The van der Waals surface area contributed by atoms with E-state index in [9.17, 15) is 4.39 Å². The molecule has 9 heteroatoms. The molecule has 1 aliphatic rings. The van der Waals surface area contributed by atoms with Crippen LogP contribution in [-0.4, -0.2) is 45.7 Å². The second-order valence-electron chi connectivity index (χ2n) is 7.45. The number of nitrogens with one attached hydrogen (secondary N) is 2. The Kier molecular flexibility index (Phi) is 6.89. The van der Waals surface area contributed by atoms with Gasteiger partial charge in [-0.25, -0.2) is 19.3 Å². The number of piperazine rings is 1.